The summed E-state index contributed by atoms with van der Waals surface area (Å²) in [5, 5.41) is 11.7. The van der Waals surface area contributed by atoms with E-state index in [9.17, 15) is 0 Å². The van der Waals surface area contributed by atoms with Crippen LogP contribution in [-0.4, -0.2) is 36.4 Å². The lowest BCUT2D eigenvalue weighted by molar-refractivity contribution is 0.442. The Morgan fingerprint density at radius 2 is 2.25 bits per heavy atom. The average Bonchev–Trinajstić information content (AvgIpc) is 2.30. The number of hydrogen-bond acceptors (Lipinski definition) is 4. The number of halogens is 2. The Morgan fingerprint density at radius 3 is 2.81 bits per heavy atom. The summed E-state index contributed by atoms with van der Waals surface area (Å²) in [5.41, 5.74) is 0. The van der Waals surface area contributed by atoms with Crippen molar-refractivity contribution < 1.29 is 0 Å². The fourth-order valence-electron chi connectivity index (χ4n) is 1.85. The molecule has 0 unspecified atom stereocenters. The van der Waals surface area contributed by atoms with E-state index in [2.05, 4.69) is 27.5 Å². The highest BCUT2D eigenvalue weighted by atomic mass is 35.5. The van der Waals surface area contributed by atoms with E-state index < -0.39 is 0 Å². The van der Waals surface area contributed by atoms with Crippen LogP contribution in [0.5, 0.6) is 0 Å². The van der Waals surface area contributed by atoms with E-state index in [0.717, 1.165) is 18.9 Å². The van der Waals surface area contributed by atoms with Crippen molar-refractivity contribution in [1.29, 1.82) is 0 Å². The lowest BCUT2D eigenvalue weighted by Crippen LogP contribution is -2.44. The molecule has 0 aromatic carbocycles. The third-order valence-corrected chi connectivity index (χ3v) is 3.00. The van der Waals surface area contributed by atoms with Gasteiger partial charge in [-0.1, -0.05) is 11.6 Å². The maximum absolute atomic E-state index is 5.70. The summed E-state index contributed by atoms with van der Waals surface area (Å²) < 4.78 is 0. The molecule has 1 atom stereocenters. The fraction of sp³-hybridized carbons (Fsp3) is 0.600. The zero-order valence-electron chi connectivity index (χ0n) is 9.19. The second-order valence-electron chi connectivity index (χ2n) is 3.83. The molecule has 90 valence electrons. The highest BCUT2D eigenvalue weighted by molar-refractivity contribution is 6.29. The van der Waals surface area contributed by atoms with Crippen molar-refractivity contribution >= 4 is 29.8 Å². The van der Waals surface area contributed by atoms with E-state index in [-0.39, 0.29) is 12.4 Å². The maximum Gasteiger partial charge on any atom is 0.151 e. The molecule has 4 nitrogen and oxygen atoms in total. The largest absolute Gasteiger partial charge is 0.354 e. The molecule has 1 aliphatic rings. The summed E-state index contributed by atoms with van der Waals surface area (Å²) in [6.07, 6.45) is 2.42. The first-order valence-electron chi connectivity index (χ1n) is 5.20. The summed E-state index contributed by atoms with van der Waals surface area (Å²) in [4.78, 5) is 2.16. The number of rotatable bonds is 2. The van der Waals surface area contributed by atoms with Crippen LogP contribution in [0.25, 0.3) is 0 Å². The van der Waals surface area contributed by atoms with Gasteiger partial charge in [0.15, 0.2) is 11.0 Å². The summed E-state index contributed by atoms with van der Waals surface area (Å²) in [6, 6.07) is 4.19. The predicted molar refractivity (Wildman–Crippen MR) is 68.6 cm³/mol. The molecule has 1 fully saturated rings. The van der Waals surface area contributed by atoms with Crippen molar-refractivity contribution in [2.45, 2.75) is 18.9 Å². The maximum atomic E-state index is 5.70. The lowest BCUT2D eigenvalue weighted by Gasteiger charge is -2.32. The van der Waals surface area contributed by atoms with Gasteiger partial charge in [-0.2, -0.15) is 0 Å². The molecule has 1 aromatic rings. The van der Waals surface area contributed by atoms with Crippen LogP contribution in [0, 0.1) is 0 Å². The molecule has 16 heavy (non-hydrogen) atoms. The van der Waals surface area contributed by atoms with E-state index in [1.54, 1.807) is 6.07 Å². The molecule has 0 saturated carbocycles. The number of anilines is 1. The number of hydrogen-bond donors (Lipinski definition) is 1. The first-order chi connectivity index (χ1) is 7.27. The molecule has 6 heteroatoms. The number of nitrogens with one attached hydrogen (secondary N) is 1. The molecule has 2 rings (SSSR count). The molecule has 1 saturated heterocycles. The van der Waals surface area contributed by atoms with Crippen LogP contribution < -0.4 is 10.2 Å². The third-order valence-electron chi connectivity index (χ3n) is 2.80. The van der Waals surface area contributed by atoms with Gasteiger partial charge in [-0.15, -0.1) is 22.6 Å². The Balaban J connectivity index is 0.00000128. The van der Waals surface area contributed by atoms with Gasteiger partial charge in [0.25, 0.3) is 0 Å². The van der Waals surface area contributed by atoms with Crippen LogP contribution in [-0.2, 0) is 0 Å². The van der Waals surface area contributed by atoms with Crippen molar-refractivity contribution in [3.8, 4) is 0 Å². The Morgan fingerprint density at radius 1 is 1.44 bits per heavy atom. The number of nitrogens with zero attached hydrogens (tertiary/aromatic N) is 3. The number of piperidine rings is 1. The topological polar surface area (TPSA) is 41.1 Å². The number of likely N-dealkylation sites (N-methyl/N-ethyl adjacent to an activating group) is 1. The molecule has 1 N–H and O–H groups in total. The predicted octanol–water partition coefficient (Wildman–Crippen LogP) is 1.74. The normalized spacial score (nSPS) is 20.0. The Bertz CT molecular complexity index is 311. The van der Waals surface area contributed by atoms with Crippen LogP contribution in [0.1, 0.15) is 12.8 Å². The molecule has 1 aromatic heterocycles. The summed E-state index contributed by atoms with van der Waals surface area (Å²) >= 11 is 5.70. The van der Waals surface area contributed by atoms with E-state index in [1.165, 1.54) is 12.8 Å². The minimum absolute atomic E-state index is 0. The van der Waals surface area contributed by atoms with Crippen LogP contribution in [0.4, 0.5) is 5.82 Å². The highest BCUT2D eigenvalue weighted by Gasteiger charge is 2.18. The summed E-state index contributed by atoms with van der Waals surface area (Å²) in [7, 11) is 2.05. The van der Waals surface area contributed by atoms with Crippen molar-refractivity contribution in [3.05, 3.63) is 17.3 Å². The highest BCUT2D eigenvalue weighted by Crippen LogP contribution is 2.16. The van der Waals surface area contributed by atoms with Crippen molar-refractivity contribution in [3.63, 3.8) is 0 Å². The fourth-order valence-corrected chi connectivity index (χ4v) is 1.95. The van der Waals surface area contributed by atoms with Gasteiger partial charge in [0.05, 0.1) is 0 Å². The zero-order valence-corrected chi connectivity index (χ0v) is 10.8. The molecule has 0 bridgehead atoms. The van der Waals surface area contributed by atoms with Crippen molar-refractivity contribution in [2.24, 2.45) is 0 Å². The van der Waals surface area contributed by atoms with Gasteiger partial charge in [0.2, 0.25) is 0 Å². The standard InChI is InChI=1S/C10H15ClN4.ClH/c1-15(8-3-2-6-12-7-8)10-5-4-9(11)13-14-10;/h4-5,8,12H,2-3,6-7H2,1H3;1H/t8-;/m1./s1. The first kappa shape index (κ1) is 13.5. The summed E-state index contributed by atoms with van der Waals surface area (Å²) in [6.45, 7) is 2.14. The molecule has 0 spiro atoms. The zero-order chi connectivity index (χ0) is 10.7. The van der Waals surface area contributed by atoms with E-state index in [4.69, 9.17) is 11.6 Å². The van der Waals surface area contributed by atoms with Gasteiger partial charge in [0, 0.05) is 19.6 Å². The van der Waals surface area contributed by atoms with Crippen molar-refractivity contribution in [1.82, 2.24) is 15.5 Å². The van der Waals surface area contributed by atoms with Gasteiger partial charge >= 0.3 is 0 Å². The minimum Gasteiger partial charge on any atom is -0.354 e. The molecule has 0 amide bonds. The van der Waals surface area contributed by atoms with Gasteiger partial charge in [-0.3, -0.25) is 0 Å². The molecule has 0 aliphatic carbocycles. The second kappa shape index (κ2) is 6.23. The van der Waals surface area contributed by atoms with Gasteiger partial charge < -0.3 is 10.2 Å². The molecular weight excluding hydrogens is 247 g/mol. The molecular formula is C10H16Cl2N4. The van der Waals surface area contributed by atoms with Crippen LogP contribution in [0.2, 0.25) is 5.15 Å². The Hall–Kier alpha value is -0.580. The van der Waals surface area contributed by atoms with Crippen LogP contribution in [0.3, 0.4) is 0 Å². The lowest BCUT2D eigenvalue weighted by atomic mass is 10.1. The van der Waals surface area contributed by atoms with Crippen LogP contribution >= 0.6 is 24.0 Å². The van der Waals surface area contributed by atoms with Gasteiger partial charge in [-0.25, -0.2) is 0 Å². The molecule has 2 heterocycles. The first-order valence-corrected chi connectivity index (χ1v) is 5.58. The van der Waals surface area contributed by atoms with Crippen LogP contribution in [0.15, 0.2) is 12.1 Å². The second-order valence-corrected chi connectivity index (χ2v) is 4.21. The van der Waals surface area contributed by atoms with Gasteiger partial charge in [0.1, 0.15) is 0 Å². The molecule has 1 aliphatic heterocycles. The van der Waals surface area contributed by atoms with E-state index >= 15 is 0 Å². The average molecular weight is 263 g/mol. The molecule has 0 radical (unpaired) electrons. The Labute approximate surface area is 107 Å². The van der Waals surface area contributed by atoms with E-state index in [1.807, 2.05) is 6.07 Å². The van der Waals surface area contributed by atoms with E-state index in [0.29, 0.717) is 11.2 Å². The monoisotopic (exact) mass is 262 g/mol. The SMILES string of the molecule is CN(c1ccc(Cl)nn1)[C@@H]1CCCNC1.Cl. The Kier molecular flexibility index (Phi) is 5.25. The third kappa shape index (κ3) is 3.20. The quantitative estimate of drug-likeness (QED) is 0.882. The number of aromatic nitrogens is 2. The minimum atomic E-state index is 0. The summed E-state index contributed by atoms with van der Waals surface area (Å²) in [5.74, 6) is 0.883. The van der Waals surface area contributed by atoms with Crippen molar-refractivity contribution in [2.75, 3.05) is 25.0 Å². The van der Waals surface area contributed by atoms with Gasteiger partial charge in [-0.05, 0) is 31.5 Å². The smallest absolute Gasteiger partial charge is 0.151 e.